The van der Waals surface area contributed by atoms with E-state index < -0.39 is 0 Å². The fourth-order valence-electron chi connectivity index (χ4n) is 3.20. The van der Waals surface area contributed by atoms with E-state index in [1.807, 2.05) is 43.3 Å². The SMILES string of the molecule is COc1ccc2cc(C(C)C(=O)Nc3ccc4c(c3)NC(=O)CO4)ccc2c1. The Kier molecular flexibility index (Phi) is 4.61. The lowest BCUT2D eigenvalue weighted by atomic mass is 9.97. The van der Waals surface area contributed by atoms with Crippen LogP contribution in [0.2, 0.25) is 0 Å². The first kappa shape index (κ1) is 17.9. The van der Waals surface area contributed by atoms with Crippen molar-refractivity contribution in [3.8, 4) is 11.5 Å². The predicted octanol–water partition coefficient (Wildman–Crippen LogP) is 3.92. The summed E-state index contributed by atoms with van der Waals surface area (Å²) in [6.45, 7) is 1.87. The maximum absolute atomic E-state index is 12.7. The lowest BCUT2D eigenvalue weighted by Gasteiger charge is -2.19. The van der Waals surface area contributed by atoms with Crippen molar-refractivity contribution >= 4 is 34.0 Å². The van der Waals surface area contributed by atoms with Crippen LogP contribution in [0.1, 0.15) is 18.4 Å². The monoisotopic (exact) mass is 376 g/mol. The highest BCUT2D eigenvalue weighted by atomic mass is 16.5. The zero-order chi connectivity index (χ0) is 19.7. The van der Waals surface area contributed by atoms with Gasteiger partial charge in [-0.2, -0.15) is 0 Å². The number of fused-ring (bicyclic) bond motifs is 2. The Morgan fingerprint density at radius 2 is 1.89 bits per heavy atom. The minimum Gasteiger partial charge on any atom is -0.497 e. The van der Waals surface area contributed by atoms with Gasteiger partial charge in [-0.05, 0) is 53.6 Å². The van der Waals surface area contributed by atoms with Crippen molar-refractivity contribution in [1.82, 2.24) is 0 Å². The molecule has 0 aromatic heterocycles. The number of ether oxygens (including phenoxy) is 2. The average Bonchev–Trinajstić information content (AvgIpc) is 2.72. The number of anilines is 2. The van der Waals surface area contributed by atoms with Crippen LogP contribution in [-0.4, -0.2) is 25.5 Å². The number of hydrogen-bond acceptors (Lipinski definition) is 4. The Balaban J connectivity index is 1.52. The maximum atomic E-state index is 12.7. The van der Waals surface area contributed by atoms with E-state index in [2.05, 4.69) is 10.6 Å². The van der Waals surface area contributed by atoms with Crippen LogP contribution in [-0.2, 0) is 9.59 Å². The molecule has 6 nitrogen and oxygen atoms in total. The summed E-state index contributed by atoms with van der Waals surface area (Å²) in [6.07, 6.45) is 0. The Bertz CT molecular complexity index is 1080. The summed E-state index contributed by atoms with van der Waals surface area (Å²) in [5.41, 5.74) is 2.08. The highest BCUT2D eigenvalue weighted by Gasteiger charge is 2.19. The van der Waals surface area contributed by atoms with Crippen molar-refractivity contribution in [3.63, 3.8) is 0 Å². The van der Waals surface area contributed by atoms with Gasteiger partial charge < -0.3 is 20.1 Å². The molecular formula is C22H20N2O4. The number of methoxy groups -OCH3 is 1. The molecule has 1 atom stereocenters. The zero-order valence-electron chi connectivity index (χ0n) is 15.6. The normalized spacial score (nSPS) is 13.9. The first-order valence-corrected chi connectivity index (χ1v) is 8.99. The van der Waals surface area contributed by atoms with Gasteiger partial charge in [-0.3, -0.25) is 9.59 Å². The van der Waals surface area contributed by atoms with Gasteiger partial charge in [-0.25, -0.2) is 0 Å². The Hall–Kier alpha value is -3.54. The third kappa shape index (κ3) is 3.49. The van der Waals surface area contributed by atoms with Gasteiger partial charge in [0.15, 0.2) is 6.61 Å². The number of benzene rings is 3. The van der Waals surface area contributed by atoms with Crippen LogP contribution in [0.4, 0.5) is 11.4 Å². The topological polar surface area (TPSA) is 76.7 Å². The van der Waals surface area contributed by atoms with Crippen LogP contribution in [0.15, 0.2) is 54.6 Å². The smallest absolute Gasteiger partial charge is 0.262 e. The number of nitrogens with one attached hydrogen (secondary N) is 2. The van der Waals surface area contributed by atoms with Gasteiger partial charge in [0, 0.05) is 5.69 Å². The van der Waals surface area contributed by atoms with E-state index in [1.54, 1.807) is 25.3 Å². The second-order valence-corrected chi connectivity index (χ2v) is 6.73. The highest BCUT2D eigenvalue weighted by Crippen LogP contribution is 2.31. The van der Waals surface area contributed by atoms with Crippen molar-refractivity contribution in [2.45, 2.75) is 12.8 Å². The third-order valence-corrected chi connectivity index (χ3v) is 4.84. The van der Waals surface area contributed by atoms with Crippen molar-refractivity contribution < 1.29 is 19.1 Å². The molecule has 0 aliphatic carbocycles. The van der Waals surface area contributed by atoms with Crippen molar-refractivity contribution in [2.75, 3.05) is 24.4 Å². The molecule has 6 heteroatoms. The fraction of sp³-hybridized carbons (Fsp3) is 0.182. The zero-order valence-corrected chi connectivity index (χ0v) is 15.6. The van der Waals surface area contributed by atoms with Gasteiger partial charge in [0.05, 0.1) is 18.7 Å². The van der Waals surface area contributed by atoms with Gasteiger partial charge in [0.25, 0.3) is 5.91 Å². The van der Waals surface area contributed by atoms with Crippen LogP contribution in [0.5, 0.6) is 11.5 Å². The summed E-state index contributed by atoms with van der Waals surface area (Å²) in [7, 11) is 1.64. The summed E-state index contributed by atoms with van der Waals surface area (Å²) >= 11 is 0. The molecule has 0 fully saturated rings. The highest BCUT2D eigenvalue weighted by molar-refractivity contribution is 5.99. The molecule has 1 heterocycles. The first-order chi connectivity index (χ1) is 13.5. The second kappa shape index (κ2) is 7.23. The molecule has 1 unspecified atom stereocenters. The molecular weight excluding hydrogens is 356 g/mol. The molecule has 0 saturated carbocycles. The number of rotatable bonds is 4. The van der Waals surface area contributed by atoms with E-state index in [0.717, 1.165) is 22.1 Å². The number of hydrogen-bond donors (Lipinski definition) is 2. The predicted molar refractivity (Wildman–Crippen MR) is 108 cm³/mol. The minimum absolute atomic E-state index is 0.00355. The van der Waals surface area contributed by atoms with Gasteiger partial charge in [-0.15, -0.1) is 0 Å². The molecule has 0 bridgehead atoms. The molecule has 28 heavy (non-hydrogen) atoms. The first-order valence-electron chi connectivity index (χ1n) is 8.99. The molecule has 1 aliphatic heterocycles. The Morgan fingerprint density at radius 1 is 1.11 bits per heavy atom. The van der Waals surface area contributed by atoms with Crippen molar-refractivity contribution in [2.24, 2.45) is 0 Å². The maximum Gasteiger partial charge on any atom is 0.262 e. The lowest BCUT2D eigenvalue weighted by molar-refractivity contribution is -0.118. The van der Waals surface area contributed by atoms with Gasteiger partial charge in [0.1, 0.15) is 11.5 Å². The van der Waals surface area contributed by atoms with Gasteiger partial charge >= 0.3 is 0 Å². The average molecular weight is 376 g/mol. The fourth-order valence-corrected chi connectivity index (χ4v) is 3.20. The van der Waals surface area contributed by atoms with Crippen LogP contribution in [0, 0.1) is 0 Å². The summed E-state index contributed by atoms with van der Waals surface area (Å²) in [5.74, 6) is 0.714. The van der Waals surface area contributed by atoms with Gasteiger partial charge in [-0.1, -0.05) is 24.3 Å². The molecule has 0 saturated heterocycles. The number of carbonyl (C=O) groups excluding carboxylic acids is 2. The van der Waals surface area contributed by atoms with E-state index in [9.17, 15) is 9.59 Å². The largest absolute Gasteiger partial charge is 0.497 e. The van der Waals surface area contributed by atoms with E-state index >= 15 is 0 Å². The summed E-state index contributed by atoms with van der Waals surface area (Å²) in [5, 5.41) is 7.75. The van der Waals surface area contributed by atoms with E-state index in [4.69, 9.17) is 9.47 Å². The molecule has 1 aliphatic rings. The Labute approximate surface area is 162 Å². The van der Waals surface area contributed by atoms with E-state index in [-0.39, 0.29) is 24.3 Å². The van der Waals surface area contributed by atoms with Crippen molar-refractivity contribution in [1.29, 1.82) is 0 Å². The van der Waals surface area contributed by atoms with Crippen LogP contribution >= 0.6 is 0 Å². The molecule has 2 amide bonds. The Morgan fingerprint density at radius 3 is 2.71 bits per heavy atom. The molecule has 2 N–H and O–H groups in total. The number of carbonyl (C=O) groups is 2. The summed E-state index contributed by atoms with van der Waals surface area (Å²) in [4.78, 5) is 24.2. The minimum atomic E-state index is -0.339. The number of amides is 2. The van der Waals surface area contributed by atoms with E-state index in [0.29, 0.717) is 17.1 Å². The molecule has 0 radical (unpaired) electrons. The second-order valence-electron chi connectivity index (χ2n) is 6.73. The summed E-state index contributed by atoms with van der Waals surface area (Å²) < 4.78 is 10.6. The molecule has 4 rings (SSSR count). The van der Waals surface area contributed by atoms with Crippen LogP contribution in [0.3, 0.4) is 0 Å². The standard InChI is InChI=1S/C22H20N2O4/c1-13(14-3-4-16-10-18(27-2)7-5-15(16)9-14)22(26)23-17-6-8-20-19(11-17)24-21(25)12-28-20/h3-11,13H,12H2,1-2H3,(H,23,26)(H,24,25). The molecule has 142 valence electrons. The molecule has 3 aromatic rings. The lowest BCUT2D eigenvalue weighted by Crippen LogP contribution is -2.25. The van der Waals surface area contributed by atoms with E-state index in [1.165, 1.54) is 0 Å². The van der Waals surface area contributed by atoms with Crippen molar-refractivity contribution in [3.05, 3.63) is 60.2 Å². The van der Waals surface area contributed by atoms with Crippen LogP contribution < -0.4 is 20.1 Å². The third-order valence-electron chi connectivity index (χ3n) is 4.84. The molecule has 0 spiro atoms. The summed E-state index contributed by atoms with van der Waals surface area (Å²) in [6, 6.07) is 17.0. The quantitative estimate of drug-likeness (QED) is 0.724. The van der Waals surface area contributed by atoms with Gasteiger partial charge in [0.2, 0.25) is 5.91 Å². The van der Waals surface area contributed by atoms with Crippen LogP contribution in [0.25, 0.3) is 10.8 Å². The molecule has 3 aromatic carbocycles.